The van der Waals surface area contributed by atoms with Crippen LogP contribution in [0.25, 0.3) is 5.69 Å². The zero-order valence-electron chi connectivity index (χ0n) is 14.1. The zero-order chi connectivity index (χ0) is 19.0. The first-order chi connectivity index (χ1) is 13.1. The molecule has 0 saturated carbocycles. The molecule has 0 spiro atoms. The molecular formula is C19H15ClN4O3. The van der Waals surface area contributed by atoms with Crippen LogP contribution in [0.5, 0.6) is 0 Å². The van der Waals surface area contributed by atoms with Gasteiger partial charge in [0.25, 0.3) is 0 Å². The number of nitrogens with zero attached hydrogens (tertiary/aromatic N) is 4. The van der Waals surface area contributed by atoms with Crippen molar-refractivity contribution in [2.45, 2.75) is 19.1 Å². The molecule has 0 radical (unpaired) electrons. The molecule has 2 aromatic carbocycles. The fourth-order valence-electron chi connectivity index (χ4n) is 3.22. The molecule has 0 amide bonds. The minimum atomic E-state index is -1.000. The zero-order valence-corrected chi connectivity index (χ0v) is 14.8. The standard InChI is InChI=1S/C19H15ClN4O3/c20-12-6-7-15-13(8-12)18(11-4-2-1-3-5-11)21-14(9-17(26)27)19-23-22-16(10-25)24(15)19/h1-8,14,25H,9-10H2,(H,26,27). The highest BCUT2D eigenvalue weighted by molar-refractivity contribution is 6.31. The van der Waals surface area contributed by atoms with Crippen molar-refractivity contribution >= 4 is 23.3 Å². The first kappa shape index (κ1) is 17.4. The summed E-state index contributed by atoms with van der Waals surface area (Å²) in [5.41, 5.74) is 2.87. The lowest BCUT2D eigenvalue weighted by atomic mass is 10.0. The van der Waals surface area contributed by atoms with Crippen LogP contribution in [0.15, 0.2) is 53.5 Å². The lowest BCUT2D eigenvalue weighted by molar-refractivity contribution is -0.137. The molecule has 3 aromatic rings. The van der Waals surface area contributed by atoms with E-state index in [1.54, 1.807) is 22.8 Å². The highest BCUT2D eigenvalue weighted by Gasteiger charge is 2.30. The Morgan fingerprint density at radius 1 is 1.15 bits per heavy atom. The molecule has 1 atom stereocenters. The number of fused-ring (bicyclic) bond motifs is 3. The third kappa shape index (κ3) is 3.11. The summed E-state index contributed by atoms with van der Waals surface area (Å²) in [4.78, 5) is 16.2. The summed E-state index contributed by atoms with van der Waals surface area (Å²) >= 11 is 6.24. The fraction of sp³-hybridized carbons (Fsp3) is 0.158. The Kier molecular flexibility index (Phi) is 4.47. The highest BCUT2D eigenvalue weighted by Crippen LogP contribution is 2.33. The quantitative estimate of drug-likeness (QED) is 0.722. The molecule has 1 aliphatic rings. The number of aromatic nitrogens is 3. The SMILES string of the molecule is O=C(O)CC1N=C(c2ccccc2)c2cc(Cl)ccc2-n2c(CO)nnc21. The Morgan fingerprint density at radius 2 is 1.93 bits per heavy atom. The number of aliphatic hydroxyl groups is 1. The number of aliphatic carboxylic acids is 1. The predicted octanol–water partition coefficient (Wildman–Crippen LogP) is 2.78. The highest BCUT2D eigenvalue weighted by atomic mass is 35.5. The second-order valence-electron chi connectivity index (χ2n) is 6.09. The number of benzene rings is 2. The van der Waals surface area contributed by atoms with Crippen LogP contribution in [0, 0.1) is 0 Å². The van der Waals surface area contributed by atoms with Gasteiger partial charge in [-0.3, -0.25) is 14.4 Å². The van der Waals surface area contributed by atoms with Crippen molar-refractivity contribution in [2.24, 2.45) is 4.99 Å². The molecular weight excluding hydrogens is 368 g/mol. The van der Waals surface area contributed by atoms with E-state index in [0.29, 0.717) is 28.1 Å². The van der Waals surface area contributed by atoms with E-state index in [9.17, 15) is 15.0 Å². The Bertz CT molecular complexity index is 1050. The minimum absolute atomic E-state index is 0.248. The Hall–Kier alpha value is -3.03. The molecule has 8 heteroatoms. The van der Waals surface area contributed by atoms with Crippen molar-refractivity contribution in [1.29, 1.82) is 0 Å². The van der Waals surface area contributed by atoms with E-state index in [-0.39, 0.29) is 13.0 Å². The Balaban J connectivity index is 2.04. The molecule has 1 unspecified atom stereocenters. The monoisotopic (exact) mass is 382 g/mol. The van der Waals surface area contributed by atoms with E-state index in [1.165, 1.54) is 0 Å². The van der Waals surface area contributed by atoms with Gasteiger partial charge >= 0.3 is 5.97 Å². The van der Waals surface area contributed by atoms with E-state index in [4.69, 9.17) is 16.6 Å². The van der Waals surface area contributed by atoms with E-state index < -0.39 is 12.0 Å². The number of aliphatic imine (C=N–C) groups is 1. The first-order valence-corrected chi connectivity index (χ1v) is 8.66. The summed E-state index contributed by atoms with van der Waals surface area (Å²) in [7, 11) is 0. The van der Waals surface area contributed by atoms with Crippen LogP contribution in [-0.2, 0) is 11.4 Å². The van der Waals surface area contributed by atoms with E-state index >= 15 is 0 Å². The molecule has 136 valence electrons. The molecule has 27 heavy (non-hydrogen) atoms. The number of hydrogen-bond acceptors (Lipinski definition) is 5. The lowest BCUT2D eigenvalue weighted by Crippen LogP contribution is -2.11. The van der Waals surface area contributed by atoms with Gasteiger partial charge in [-0.05, 0) is 18.2 Å². The molecule has 1 aliphatic heterocycles. The van der Waals surface area contributed by atoms with Crippen LogP contribution < -0.4 is 0 Å². The summed E-state index contributed by atoms with van der Waals surface area (Å²) in [6.07, 6.45) is -0.248. The van der Waals surface area contributed by atoms with E-state index in [0.717, 1.165) is 11.1 Å². The normalized spacial score (nSPS) is 15.5. The van der Waals surface area contributed by atoms with Crippen molar-refractivity contribution in [3.05, 3.63) is 76.3 Å². The van der Waals surface area contributed by atoms with E-state index in [2.05, 4.69) is 10.2 Å². The number of carboxylic acids is 1. The van der Waals surface area contributed by atoms with Crippen molar-refractivity contribution in [2.75, 3.05) is 0 Å². The molecule has 4 rings (SSSR count). The van der Waals surface area contributed by atoms with Crippen LogP contribution >= 0.6 is 11.6 Å². The van der Waals surface area contributed by atoms with Gasteiger partial charge in [-0.25, -0.2) is 0 Å². The molecule has 0 aliphatic carbocycles. The van der Waals surface area contributed by atoms with Gasteiger partial charge in [-0.15, -0.1) is 10.2 Å². The first-order valence-electron chi connectivity index (χ1n) is 8.29. The van der Waals surface area contributed by atoms with Crippen molar-refractivity contribution in [1.82, 2.24) is 14.8 Å². The average molecular weight is 383 g/mol. The molecule has 0 fully saturated rings. The van der Waals surface area contributed by atoms with Crippen LogP contribution in [-0.4, -0.2) is 36.7 Å². The second kappa shape index (κ2) is 6.94. The maximum atomic E-state index is 11.4. The number of carboxylic acid groups (broad SMARTS) is 1. The molecule has 2 heterocycles. The second-order valence-corrected chi connectivity index (χ2v) is 6.52. The number of carbonyl (C=O) groups is 1. The third-order valence-electron chi connectivity index (χ3n) is 4.35. The molecule has 7 nitrogen and oxygen atoms in total. The molecule has 0 saturated heterocycles. The minimum Gasteiger partial charge on any atom is -0.481 e. The van der Waals surface area contributed by atoms with Gasteiger partial charge in [0, 0.05) is 16.1 Å². The Labute approximate surface area is 159 Å². The Morgan fingerprint density at radius 3 is 2.63 bits per heavy atom. The summed E-state index contributed by atoms with van der Waals surface area (Å²) in [5.74, 6) is -0.315. The predicted molar refractivity (Wildman–Crippen MR) is 99.4 cm³/mol. The molecule has 2 N–H and O–H groups in total. The van der Waals surface area contributed by atoms with Crippen LogP contribution in [0.4, 0.5) is 0 Å². The summed E-state index contributed by atoms with van der Waals surface area (Å²) in [6, 6.07) is 14.0. The van der Waals surface area contributed by atoms with Crippen LogP contribution in [0.1, 0.15) is 35.2 Å². The van der Waals surface area contributed by atoms with Gasteiger partial charge in [0.15, 0.2) is 11.6 Å². The molecule has 1 aromatic heterocycles. The fourth-order valence-corrected chi connectivity index (χ4v) is 3.39. The number of halogens is 1. The number of rotatable bonds is 4. The van der Waals surface area contributed by atoms with Gasteiger partial charge in [0.05, 0.1) is 17.8 Å². The lowest BCUT2D eigenvalue weighted by Gasteiger charge is -2.13. The number of hydrogen-bond donors (Lipinski definition) is 2. The number of aliphatic hydroxyl groups excluding tert-OH is 1. The van der Waals surface area contributed by atoms with Crippen molar-refractivity contribution in [3.63, 3.8) is 0 Å². The summed E-state index contributed by atoms with van der Waals surface area (Å²) < 4.78 is 1.67. The summed E-state index contributed by atoms with van der Waals surface area (Å²) in [6.45, 7) is -0.338. The smallest absolute Gasteiger partial charge is 0.306 e. The van der Waals surface area contributed by atoms with Gasteiger partial charge in [-0.2, -0.15) is 0 Å². The molecule has 0 bridgehead atoms. The largest absolute Gasteiger partial charge is 0.481 e. The maximum Gasteiger partial charge on any atom is 0.306 e. The van der Waals surface area contributed by atoms with E-state index in [1.807, 2.05) is 30.3 Å². The summed E-state index contributed by atoms with van der Waals surface area (Å²) in [5, 5.41) is 27.7. The third-order valence-corrected chi connectivity index (χ3v) is 4.58. The van der Waals surface area contributed by atoms with Crippen LogP contribution in [0.3, 0.4) is 0 Å². The van der Waals surface area contributed by atoms with Gasteiger partial charge in [-0.1, -0.05) is 41.9 Å². The maximum absolute atomic E-state index is 11.4. The van der Waals surface area contributed by atoms with Crippen molar-refractivity contribution in [3.8, 4) is 5.69 Å². The van der Waals surface area contributed by atoms with Gasteiger partial charge < -0.3 is 10.2 Å². The van der Waals surface area contributed by atoms with Crippen LogP contribution in [0.2, 0.25) is 5.02 Å². The topological polar surface area (TPSA) is 101 Å². The average Bonchev–Trinajstić information content (AvgIpc) is 3.04. The van der Waals surface area contributed by atoms with Crippen molar-refractivity contribution < 1.29 is 15.0 Å². The van der Waals surface area contributed by atoms with Gasteiger partial charge in [0.2, 0.25) is 0 Å². The van der Waals surface area contributed by atoms with Gasteiger partial charge in [0.1, 0.15) is 12.6 Å².